The second-order valence-electron chi connectivity index (χ2n) is 6.96. The van der Waals surface area contributed by atoms with E-state index >= 15 is 0 Å². The highest BCUT2D eigenvalue weighted by molar-refractivity contribution is 6.18. The second-order valence-corrected chi connectivity index (χ2v) is 6.96. The van der Waals surface area contributed by atoms with E-state index in [2.05, 4.69) is 0 Å². The van der Waals surface area contributed by atoms with E-state index < -0.39 is 34.9 Å². The molecule has 0 aliphatic carbocycles. The molecule has 8 heteroatoms. The van der Waals surface area contributed by atoms with Gasteiger partial charge in [0, 0.05) is 18.2 Å². The first-order chi connectivity index (χ1) is 14.1. The smallest absolute Gasteiger partial charge is 0.331 e. The Hall–Kier alpha value is -3.42. The molecule has 0 bridgehead atoms. The van der Waals surface area contributed by atoms with E-state index in [0.29, 0.717) is 5.56 Å². The molecule has 0 saturated heterocycles. The van der Waals surface area contributed by atoms with Crippen LogP contribution in [0.3, 0.4) is 0 Å². The molecule has 1 aliphatic heterocycles. The van der Waals surface area contributed by atoms with Crippen molar-refractivity contribution in [1.29, 1.82) is 0 Å². The number of hydrogen-bond donors (Lipinski definition) is 1. The minimum absolute atomic E-state index is 0.0137. The molecule has 2 aromatic rings. The van der Waals surface area contributed by atoms with Gasteiger partial charge in [0.15, 0.2) is 5.78 Å². The van der Waals surface area contributed by atoms with Crippen LogP contribution in [0.2, 0.25) is 0 Å². The van der Waals surface area contributed by atoms with Crippen LogP contribution in [0.5, 0.6) is 0 Å². The molecule has 1 unspecified atom stereocenters. The molecular formula is C22H19F3N2O3. The van der Waals surface area contributed by atoms with E-state index in [1.54, 1.807) is 41.7 Å². The maximum absolute atomic E-state index is 14.4. The van der Waals surface area contributed by atoms with Crippen LogP contribution in [0, 0.1) is 0 Å². The van der Waals surface area contributed by atoms with E-state index in [4.69, 9.17) is 0 Å². The third kappa shape index (κ3) is 3.49. The maximum Gasteiger partial charge on any atom is 0.425 e. The van der Waals surface area contributed by atoms with Gasteiger partial charge < -0.3 is 10.2 Å². The van der Waals surface area contributed by atoms with Crippen molar-refractivity contribution in [3.63, 3.8) is 0 Å². The largest absolute Gasteiger partial charge is 0.425 e. The van der Waals surface area contributed by atoms with Gasteiger partial charge in [0.2, 0.25) is 11.4 Å². The summed E-state index contributed by atoms with van der Waals surface area (Å²) in [7, 11) is 0. The standard InChI is InChI=1S/C22H19F3N2O3/c1-14-18(19(29)17-11-7-4-8-12-17)21(22(23,24)25,26-15(2)28)20(30)27(14)13-16-9-5-3-6-10-16/h3-12H,13H2,1-2H3,(H,26,28). The highest BCUT2D eigenvalue weighted by atomic mass is 19.4. The van der Waals surface area contributed by atoms with Crippen LogP contribution < -0.4 is 5.32 Å². The van der Waals surface area contributed by atoms with Crippen molar-refractivity contribution in [2.45, 2.75) is 32.1 Å². The molecule has 0 radical (unpaired) electrons. The van der Waals surface area contributed by atoms with Crippen molar-refractivity contribution < 1.29 is 27.6 Å². The van der Waals surface area contributed by atoms with Gasteiger partial charge in [-0.2, -0.15) is 13.2 Å². The number of Topliss-reactive ketones (excluding diaryl/α,β-unsaturated/α-hetero) is 1. The number of alkyl halides is 3. The number of carbonyl (C=O) groups is 3. The second kappa shape index (κ2) is 7.78. The lowest BCUT2D eigenvalue weighted by Gasteiger charge is -2.33. The van der Waals surface area contributed by atoms with E-state index in [0.717, 1.165) is 11.8 Å². The average molecular weight is 416 g/mol. The quantitative estimate of drug-likeness (QED) is 0.758. The van der Waals surface area contributed by atoms with Gasteiger partial charge in [-0.3, -0.25) is 14.4 Å². The Morgan fingerprint density at radius 2 is 1.53 bits per heavy atom. The van der Waals surface area contributed by atoms with Crippen LogP contribution in [0.1, 0.15) is 29.8 Å². The van der Waals surface area contributed by atoms with Crippen molar-refractivity contribution >= 4 is 17.6 Å². The Morgan fingerprint density at radius 1 is 1.00 bits per heavy atom. The molecule has 2 amide bonds. The van der Waals surface area contributed by atoms with Crippen LogP contribution in [-0.2, 0) is 16.1 Å². The number of rotatable bonds is 5. The molecule has 5 nitrogen and oxygen atoms in total. The summed E-state index contributed by atoms with van der Waals surface area (Å²) >= 11 is 0. The fraction of sp³-hybridized carbons (Fsp3) is 0.227. The molecule has 2 aromatic carbocycles. The molecule has 1 N–H and O–H groups in total. The molecule has 0 fully saturated rings. The van der Waals surface area contributed by atoms with E-state index in [1.165, 1.54) is 31.2 Å². The maximum atomic E-state index is 14.4. The van der Waals surface area contributed by atoms with Gasteiger partial charge in [0.1, 0.15) is 0 Å². The summed E-state index contributed by atoms with van der Waals surface area (Å²) in [5.41, 5.74) is -3.83. The van der Waals surface area contributed by atoms with Gasteiger partial charge in [0.05, 0.1) is 12.1 Å². The summed E-state index contributed by atoms with van der Waals surface area (Å²) in [6.45, 7) is 1.99. The number of hydrogen-bond acceptors (Lipinski definition) is 3. The third-order valence-corrected chi connectivity index (χ3v) is 4.94. The van der Waals surface area contributed by atoms with Crippen molar-refractivity contribution in [3.8, 4) is 0 Å². The summed E-state index contributed by atoms with van der Waals surface area (Å²) in [5.74, 6) is -3.46. The normalized spacial score (nSPS) is 19.2. The monoisotopic (exact) mass is 416 g/mol. The Morgan fingerprint density at radius 3 is 2.03 bits per heavy atom. The van der Waals surface area contributed by atoms with Gasteiger partial charge in [-0.05, 0) is 12.5 Å². The highest BCUT2D eigenvalue weighted by Crippen LogP contribution is 2.46. The molecular weight excluding hydrogens is 397 g/mol. The third-order valence-electron chi connectivity index (χ3n) is 4.94. The minimum Gasteiger partial charge on any atom is -0.331 e. The molecule has 0 spiro atoms. The molecule has 0 aromatic heterocycles. The first-order valence-corrected chi connectivity index (χ1v) is 9.12. The Bertz CT molecular complexity index is 1020. The molecule has 0 saturated carbocycles. The molecule has 3 rings (SSSR count). The zero-order valence-electron chi connectivity index (χ0n) is 16.3. The summed E-state index contributed by atoms with van der Waals surface area (Å²) in [6, 6.07) is 15.8. The number of nitrogens with zero attached hydrogens (tertiary/aromatic N) is 1. The van der Waals surface area contributed by atoms with Crippen molar-refractivity contribution in [2.24, 2.45) is 0 Å². The first kappa shape index (κ1) is 21.3. The number of ketones is 1. The van der Waals surface area contributed by atoms with Crippen LogP contribution >= 0.6 is 0 Å². The molecule has 30 heavy (non-hydrogen) atoms. The van der Waals surface area contributed by atoms with Crippen LogP contribution in [0.15, 0.2) is 71.9 Å². The number of nitrogens with one attached hydrogen (secondary N) is 1. The fourth-order valence-electron chi connectivity index (χ4n) is 3.61. The van der Waals surface area contributed by atoms with Crippen LogP contribution in [-0.4, -0.2) is 34.2 Å². The number of benzene rings is 2. The first-order valence-electron chi connectivity index (χ1n) is 9.12. The van der Waals surface area contributed by atoms with Crippen molar-refractivity contribution in [3.05, 3.63) is 83.1 Å². The Balaban J connectivity index is 2.22. The SMILES string of the molecule is CC(=O)NC1(C(F)(F)F)C(=O)N(Cc2ccccc2)C(C)=C1C(=O)c1ccccc1. The van der Waals surface area contributed by atoms with Crippen LogP contribution in [0.25, 0.3) is 0 Å². The molecule has 1 atom stereocenters. The number of halogens is 3. The number of allylic oxidation sites excluding steroid dienone is 1. The topological polar surface area (TPSA) is 66.5 Å². The summed E-state index contributed by atoms with van der Waals surface area (Å²) in [5, 5.41) is 1.76. The Labute approximate surface area is 171 Å². The minimum atomic E-state index is -5.23. The zero-order valence-corrected chi connectivity index (χ0v) is 16.3. The van der Waals surface area contributed by atoms with Crippen molar-refractivity contribution in [1.82, 2.24) is 10.2 Å². The van der Waals surface area contributed by atoms with Crippen LogP contribution in [0.4, 0.5) is 13.2 Å². The summed E-state index contributed by atoms with van der Waals surface area (Å²) in [6.07, 6.45) is -5.23. The lowest BCUT2D eigenvalue weighted by molar-refractivity contribution is -0.193. The predicted octanol–water partition coefficient (Wildman–Crippen LogP) is 3.62. The lowest BCUT2D eigenvalue weighted by Crippen LogP contribution is -2.65. The lowest BCUT2D eigenvalue weighted by atomic mass is 9.84. The van der Waals surface area contributed by atoms with E-state index in [-0.39, 0.29) is 17.8 Å². The van der Waals surface area contributed by atoms with Gasteiger partial charge in [-0.25, -0.2) is 0 Å². The van der Waals surface area contributed by atoms with Gasteiger partial charge in [0.25, 0.3) is 5.91 Å². The predicted molar refractivity (Wildman–Crippen MR) is 103 cm³/mol. The molecule has 1 aliphatic rings. The van der Waals surface area contributed by atoms with Gasteiger partial charge in [-0.15, -0.1) is 0 Å². The summed E-state index contributed by atoms with van der Waals surface area (Å²) in [4.78, 5) is 39.0. The number of carbonyl (C=O) groups excluding carboxylic acids is 3. The van der Waals surface area contributed by atoms with E-state index in [9.17, 15) is 27.6 Å². The van der Waals surface area contributed by atoms with E-state index in [1.807, 2.05) is 0 Å². The summed E-state index contributed by atoms with van der Waals surface area (Å²) < 4.78 is 43.2. The van der Waals surface area contributed by atoms with Gasteiger partial charge in [-0.1, -0.05) is 60.7 Å². The van der Waals surface area contributed by atoms with Gasteiger partial charge >= 0.3 is 6.18 Å². The zero-order chi connectivity index (χ0) is 22.1. The fourth-order valence-corrected chi connectivity index (χ4v) is 3.61. The molecule has 156 valence electrons. The number of amides is 2. The Kier molecular flexibility index (Phi) is 5.52. The average Bonchev–Trinajstić information content (AvgIpc) is 2.90. The highest BCUT2D eigenvalue weighted by Gasteiger charge is 2.70. The van der Waals surface area contributed by atoms with Crippen molar-refractivity contribution in [2.75, 3.05) is 0 Å². The molecule has 1 heterocycles.